The van der Waals surface area contributed by atoms with E-state index in [1.165, 1.54) is 6.08 Å². The van der Waals surface area contributed by atoms with Gasteiger partial charge in [0, 0.05) is 30.8 Å². The quantitative estimate of drug-likeness (QED) is 0.173. The van der Waals surface area contributed by atoms with Crippen molar-refractivity contribution in [2.24, 2.45) is 13.0 Å². The number of ether oxygens (including phenoxy) is 3. The number of aliphatic hydroxyl groups excluding tert-OH is 1. The summed E-state index contributed by atoms with van der Waals surface area (Å²) in [6.07, 6.45) is 0.0536. The average molecular weight is 602 g/mol. The zero-order valence-corrected chi connectivity index (χ0v) is 24.9. The van der Waals surface area contributed by atoms with Crippen LogP contribution in [0, 0.1) is 5.92 Å². The summed E-state index contributed by atoms with van der Waals surface area (Å²) in [6.45, 7) is 6.17. The molecule has 224 valence electrons. The number of amides is 1. The highest BCUT2D eigenvalue weighted by molar-refractivity contribution is 7.99. The van der Waals surface area contributed by atoms with E-state index < -0.39 is 12.4 Å². The van der Waals surface area contributed by atoms with Crippen LogP contribution in [0.1, 0.15) is 41.6 Å². The first-order valence-electron chi connectivity index (χ1n) is 14.0. The lowest BCUT2D eigenvalue weighted by Gasteiger charge is -2.41. The maximum absolute atomic E-state index is 11.9. The first kappa shape index (κ1) is 30.4. The van der Waals surface area contributed by atoms with Crippen LogP contribution < -0.4 is 5.32 Å². The van der Waals surface area contributed by atoms with Crippen molar-refractivity contribution in [2.45, 2.75) is 43.7 Å². The van der Waals surface area contributed by atoms with Gasteiger partial charge in [0.2, 0.25) is 5.16 Å². The number of aromatic nitrogens is 4. The molecular weight excluding hydrogens is 566 g/mol. The van der Waals surface area contributed by atoms with Crippen LogP contribution in [0.25, 0.3) is 11.1 Å². The Labute approximate surface area is 255 Å². The van der Waals surface area contributed by atoms with Crippen LogP contribution in [-0.4, -0.2) is 49.9 Å². The lowest BCUT2D eigenvalue weighted by atomic mass is 9.91. The molecule has 0 saturated carbocycles. The first-order valence-corrected chi connectivity index (χ1v) is 15.0. The fourth-order valence-corrected chi connectivity index (χ4v) is 5.91. The highest BCUT2D eigenvalue weighted by atomic mass is 32.2. The maximum Gasteiger partial charge on any atom is 0.407 e. The van der Waals surface area contributed by atoms with Crippen molar-refractivity contribution in [3.05, 3.63) is 108 Å². The summed E-state index contributed by atoms with van der Waals surface area (Å²) in [5.41, 5.74) is 5.71. The number of nitrogens with one attached hydrogen (secondary N) is 1. The van der Waals surface area contributed by atoms with E-state index >= 15 is 0 Å². The summed E-state index contributed by atoms with van der Waals surface area (Å²) >= 11 is 1.55. The van der Waals surface area contributed by atoms with Crippen LogP contribution in [0.5, 0.6) is 0 Å². The van der Waals surface area contributed by atoms with Gasteiger partial charge in [-0.05, 0) is 50.4 Å². The van der Waals surface area contributed by atoms with Crippen molar-refractivity contribution in [2.75, 3.05) is 12.4 Å². The minimum absolute atomic E-state index is 0.0124. The van der Waals surface area contributed by atoms with E-state index in [1.807, 2.05) is 73.8 Å². The van der Waals surface area contributed by atoms with Crippen molar-refractivity contribution in [1.29, 1.82) is 0 Å². The zero-order valence-electron chi connectivity index (χ0n) is 24.1. The average Bonchev–Trinajstić information content (AvgIpc) is 3.46. The highest BCUT2D eigenvalue weighted by Crippen LogP contribution is 2.43. The third kappa shape index (κ3) is 7.68. The fraction of sp³-hybridized carbons (Fsp3) is 0.312. The summed E-state index contributed by atoms with van der Waals surface area (Å²) < 4.78 is 19.9. The Morgan fingerprint density at radius 3 is 2.56 bits per heavy atom. The molecular formula is C32H35N5O5S. The Hall–Kier alpha value is -4.03. The molecule has 1 aromatic heterocycles. The minimum Gasteiger partial charge on any atom is -0.445 e. The van der Waals surface area contributed by atoms with E-state index in [1.54, 1.807) is 16.4 Å². The lowest BCUT2D eigenvalue weighted by Crippen LogP contribution is -2.38. The molecule has 1 aliphatic rings. The third-order valence-electron chi connectivity index (χ3n) is 7.27. The molecule has 43 heavy (non-hydrogen) atoms. The molecule has 3 aromatic carbocycles. The molecule has 11 heteroatoms. The summed E-state index contributed by atoms with van der Waals surface area (Å²) in [5.74, 6) is 0.681. The summed E-state index contributed by atoms with van der Waals surface area (Å²) in [5, 5.41) is 24.8. The second-order valence-electron chi connectivity index (χ2n) is 10.3. The van der Waals surface area contributed by atoms with Crippen molar-refractivity contribution in [1.82, 2.24) is 25.5 Å². The van der Waals surface area contributed by atoms with Gasteiger partial charge in [0.1, 0.15) is 6.61 Å². The van der Waals surface area contributed by atoms with Crippen LogP contribution in [0.3, 0.4) is 0 Å². The highest BCUT2D eigenvalue weighted by Gasteiger charge is 2.38. The molecule has 0 bridgehead atoms. The number of aliphatic hydroxyl groups is 1. The van der Waals surface area contributed by atoms with E-state index in [2.05, 4.69) is 40.4 Å². The van der Waals surface area contributed by atoms with Gasteiger partial charge in [-0.3, -0.25) is 0 Å². The van der Waals surface area contributed by atoms with Crippen molar-refractivity contribution in [3.63, 3.8) is 0 Å². The Morgan fingerprint density at radius 2 is 1.84 bits per heavy atom. The normalized spacial score (nSPS) is 20.0. The fourth-order valence-electron chi connectivity index (χ4n) is 4.90. The zero-order chi connectivity index (χ0) is 30.2. The van der Waals surface area contributed by atoms with Gasteiger partial charge in [0.05, 0.1) is 18.8 Å². The summed E-state index contributed by atoms with van der Waals surface area (Å²) in [7, 11) is 1.82. The number of carbonyl (C=O) groups is 1. The molecule has 0 unspecified atom stereocenters. The predicted molar refractivity (Wildman–Crippen MR) is 163 cm³/mol. The SMILES string of the molecule is C=CCOC(=O)NCc1cccc(-c2cccc([C@@H]3O[C@H](CSc4nnnn4C)[C@H](C)[C@H](c4ccc(CO)cc4)O3)c2)c1. The van der Waals surface area contributed by atoms with Crippen LogP contribution in [0.15, 0.2) is 90.6 Å². The Bertz CT molecular complexity index is 1530. The van der Waals surface area contributed by atoms with Crippen LogP contribution >= 0.6 is 11.8 Å². The van der Waals surface area contributed by atoms with E-state index in [-0.39, 0.29) is 31.3 Å². The summed E-state index contributed by atoms with van der Waals surface area (Å²) in [6, 6.07) is 24.0. The minimum atomic E-state index is -0.605. The van der Waals surface area contributed by atoms with E-state index in [4.69, 9.17) is 14.2 Å². The number of benzene rings is 3. The van der Waals surface area contributed by atoms with Crippen LogP contribution in [-0.2, 0) is 34.4 Å². The van der Waals surface area contributed by atoms with Crippen LogP contribution in [0.4, 0.5) is 4.79 Å². The number of hydrogen-bond acceptors (Lipinski definition) is 9. The molecule has 5 rings (SSSR count). The molecule has 0 spiro atoms. The Morgan fingerprint density at radius 1 is 1.07 bits per heavy atom. The Balaban J connectivity index is 1.37. The van der Waals surface area contributed by atoms with Gasteiger partial charge < -0.3 is 24.6 Å². The van der Waals surface area contributed by atoms with E-state index in [0.717, 1.165) is 33.4 Å². The second kappa shape index (κ2) is 14.4. The van der Waals surface area contributed by atoms with E-state index in [9.17, 15) is 9.90 Å². The first-order chi connectivity index (χ1) is 20.9. The number of thioether (sulfide) groups is 1. The molecule has 1 amide bonds. The molecule has 1 saturated heterocycles. The van der Waals surface area contributed by atoms with Gasteiger partial charge >= 0.3 is 6.09 Å². The standard InChI is InChI=1S/C32H35N5O5S/c1-4-15-40-32(39)33-18-23-7-5-8-25(16-23)26-9-6-10-27(17-26)30-41-28(20-43-31-34-35-36-37(31)3)21(2)29(42-30)24-13-11-22(19-38)12-14-24/h4-14,16-17,21,28-30,38H,1,15,18-20H2,2-3H3,(H,33,39)/t21-,28+,29+,30+/m0/s1. The lowest BCUT2D eigenvalue weighted by molar-refractivity contribution is -0.268. The van der Waals surface area contributed by atoms with Crippen LogP contribution in [0.2, 0.25) is 0 Å². The van der Waals surface area contributed by atoms with Gasteiger partial charge in [-0.15, -0.1) is 5.10 Å². The van der Waals surface area contributed by atoms with Crippen molar-refractivity contribution < 1.29 is 24.1 Å². The van der Waals surface area contributed by atoms with Gasteiger partial charge in [-0.1, -0.05) is 92.0 Å². The number of nitrogens with zero attached hydrogens (tertiary/aromatic N) is 4. The van der Waals surface area contributed by atoms with E-state index in [0.29, 0.717) is 17.5 Å². The molecule has 0 aliphatic carbocycles. The molecule has 4 atom stereocenters. The number of tetrazole rings is 1. The van der Waals surface area contributed by atoms with Crippen molar-refractivity contribution in [3.8, 4) is 11.1 Å². The van der Waals surface area contributed by atoms with Gasteiger partial charge in [0.15, 0.2) is 6.29 Å². The molecule has 0 radical (unpaired) electrons. The summed E-state index contributed by atoms with van der Waals surface area (Å²) in [4.78, 5) is 11.9. The molecule has 2 N–H and O–H groups in total. The number of rotatable bonds is 11. The molecule has 1 fully saturated rings. The smallest absolute Gasteiger partial charge is 0.407 e. The molecule has 2 heterocycles. The monoisotopic (exact) mass is 601 g/mol. The largest absolute Gasteiger partial charge is 0.445 e. The van der Waals surface area contributed by atoms with Gasteiger partial charge in [-0.2, -0.15) is 0 Å². The number of hydrogen-bond donors (Lipinski definition) is 2. The van der Waals surface area contributed by atoms with Gasteiger partial charge in [-0.25, -0.2) is 9.48 Å². The number of carbonyl (C=O) groups excluding carboxylic acids is 1. The molecule has 10 nitrogen and oxygen atoms in total. The maximum atomic E-state index is 11.9. The number of aryl methyl sites for hydroxylation is 1. The predicted octanol–water partition coefficient (Wildman–Crippen LogP) is 5.37. The number of alkyl carbamates (subject to hydrolysis) is 1. The second-order valence-corrected chi connectivity index (χ2v) is 11.3. The Kier molecular flexibility index (Phi) is 10.2. The molecule has 4 aromatic rings. The third-order valence-corrected chi connectivity index (χ3v) is 8.37. The van der Waals surface area contributed by atoms with Gasteiger partial charge in [0.25, 0.3) is 0 Å². The van der Waals surface area contributed by atoms with Crippen molar-refractivity contribution >= 4 is 17.9 Å². The molecule has 1 aliphatic heterocycles. The topological polar surface area (TPSA) is 121 Å².